The number of hydrogen-bond donors (Lipinski definition) is 0. The van der Waals surface area contributed by atoms with Crippen LogP contribution in [0.2, 0.25) is 0 Å². The summed E-state index contributed by atoms with van der Waals surface area (Å²) in [5, 5.41) is 12.1. The van der Waals surface area contributed by atoms with E-state index >= 15 is 0 Å². The molecular weight excluding hydrogens is 296 g/mol. The van der Waals surface area contributed by atoms with Gasteiger partial charge in [0.15, 0.2) is 0 Å². The third kappa shape index (κ3) is 2.68. The van der Waals surface area contributed by atoms with Crippen molar-refractivity contribution in [3.63, 3.8) is 0 Å². The quantitative estimate of drug-likeness (QED) is 0.860. The molecule has 2 aliphatic heterocycles. The third-order valence-corrected chi connectivity index (χ3v) is 5.02. The van der Waals surface area contributed by atoms with Gasteiger partial charge in [0.05, 0.1) is 11.8 Å². The van der Waals surface area contributed by atoms with Crippen LogP contribution < -0.4 is 0 Å². The summed E-state index contributed by atoms with van der Waals surface area (Å²) in [7, 11) is 0. The fraction of sp³-hybridized carbons (Fsp3) is 0.688. The van der Waals surface area contributed by atoms with E-state index in [1.807, 2.05) is 20.8 Å². The van der Waals surface area contributed by atoms with Gasteiger partial charge in [0, 0.05) is 31.6 Å². The molecule has 23 heavy (non-hydrogen) atoms. The van der Waals surface area contributed by atoms with Crippen LogP contribution >= 0.6 is 0 Å². The van der Waals surface area contributed by atoms with Gasteiger partial charge in [-0.2, -0.15) is 0 Å². The zero-order valence-corrected chi connectivity index (χ0v) is 13.8. The number of hydrogen-bond acceptors (Lipinski definition) is 7. The number of fused-ring (bicyclic) bond motifs is 1. The molecule has 0 amide bonds. The van der Waals surface area contributed by atoms with Gasteiger partial charge >= 0.3 is 0 Å². The van der Waals surface area contributed by atoms with Gasteiger partial charge < -0.3 is 13.7 Å². The van der Waals surface area contributed by atoms with Gasteiger partial charge in [0.2, 0.25) is 11.8 Å². The van der Waals surface area contributed by atoms with Crippen LogP contribution in [0.15, 0.2) is 8.94 Å². The largest absolute Gasteiger partial charge is 0.423 e. The molecule has 0 saturated carbocycles. The molecule has 7 nitrogen and oxygen atoms in total. The lowest BCUT2D eigenvalue weighted by Gasteiger charge is -2.34. The van der Waals surface area contributed by atoms with Crippen LogP contribution in [-0.4, -0.2) is 38.9 Å². The average molecular weight is 318 g/mol. The molecule has 124 valence electrons. The lowest BCUT2D eigenvalue weighted by atomic mass is 9.98. The van der Waals surface area contributed by atoms with Crippen molar-refractivity contribution in [2.75, 3.05) is 6.54 Å². The van der Waals surface area contributed by atoms with Crippen molar-refractivity contribution in [3.05, 3.63) is 28.8 Å². The monoisotopic (exact) mass is 318 g/mol. The maximum Gasteiger partial charge on any atom is 0.245 e. The molecule has 0 aromatic carbocycles. The highest BCUT2D eigenvalue weighted by atomic mass is 16.5. The Morgan fingerprint density at radius 2 is 2.00 bits per heavy atom. The van der Waals surface area contributed by atoms with Gasteiger partial charge in [-0.05, 0) is 33.1 Å². The summed E-state index contributed by atoms with van der Waals surface area (Å²) in [6.07, 6.45) is 3.22. The molecule has 2 aromatic heterocycles. The van der Waals surface area contributed by atoms with Gasteiger partial charge in [-0.1, -0.05) is 5.16 Å². The highest BCUT2D eigenvalue weighted by Gasteiger charge is 2.41. The molecule has 2 aliphatic rings. The second-order valence-corrected chi connectivity index (χ2v) is 6.53. The summed E-state index contributed by atoms with van der Waals surface area (Å²) >= 11 is 0. The van der Waals surface area contributed by atoms with E-state index in [0.717, 1.165) is 43.8 Å². The van der Waals surface area contributed by atoms with Crippen LogP contribution in [0.4, 0.5) is 0 Å². The zero-order chi connectivity index (χ0) is 16.0. The molecule has 0 unspecified atom stereocenters. The number of nitrogens with zero attached hydrogens (tertiary/aromatic N) is 4. The van der Waals surface area contributed by atoms with Crippen LogP contribution in [0.5, 0.6) is 0 Å². The molecule has 3 atom stereocenters. The van der Waals surface area contributed by atoms with E-state index in [4.69, 9.17) is 13.7 Å². The Hall–Kier alpha value is -1.73. The van der Waals surface area contributed by atoms with Crippen molar-refractivity contribution in [3.8, 4) is 0 Å². The normalized spacial score (nSPS) is 28.2. The van der Waals surface area contributed by atoms with Crippen molar-refractivity contribution < 1.29 is 13.7 Å². The fourth-order valence-corrected chi connectivity index (χ4v) is 3.77. The van der Waals surface area contributed by atoms with Crippen LogP contribution in [0, 0.1) is 20.8 Å². The van der Waals surface area contributed by atoms with Crippen molar-refractivity contribution in [1.82, 2.24) is 20.3 Å². The molecule has 0 spiro atoms. The number of ether oxygens (including phenoxy) is 1. The first-order chi connectivity index (χ1) is 11.1. The molecule has 0 bridgehead atoms. The number of aromatic nitrogens is 3. The summed E-state index contributed by atoms with van der Waals surface area (Å²) in [6.45, 7) is 7.72. The van der Waals surface area contributed by atoms with E-state index in [-0.39, 0.29) is 12.2 Å². The summed E-state index contributed by atoms with van der Waals surface area (Å²) in [6, 6.07) is 0.448. The van der Waals surface area contributed by atoms with Crippen LogP contribution in [0.1, 0.15) is 54.2 Å². The van der Waals surface area contributed by atoms with Gasteiger partial charge in [0.25, 0.3) is 0 Å². The predicted molar refractivity (Wildman–Crippen MR) is 80.7 cm³/mol. The molecule has 2 fully saturated rings. The topological polar surface area (TPSA) is 77.4 Å². The van der Waals surface area contributed by atoms with Gasteiger partial charge in [0.1, 0.15) is 11.9 Å². The number of aryl methyl sites for hydroxylation is 3. The van der Waals surface area contributed by atoms with Gasteiger partial charge in [-0.15, -0.1) is 10.2 Å². The van der Waals surface area contributed by atoms with Crippen LogP contribution in [0.25, 0.3) is 0 Å². The predicted octanol–water partition coefficient (Wildman–Crippen LogP) is 2.48. The van der Waals surface area contributed by atoms with Crippen molar-refractivity contribution >= 4 is 0 Å². The van der Waals surface area contributed by atoms with E-state index in [2.05, 4.69) is 20.3 Å². The SMILES string of the molecule is Cc1nnc([C@H]2CC[C@@H]3[C@@H](CCN3Cc3c(C)noc3C)O2)o1. The molecule has 2 aromatic rings. The highest BCUT2D eigenvalue weighted by molar-refractivity contribution is 5.21. The third-order valence-electron chi connectivity index (χ3n) is 5.02. The standard InChI is InChI=1S/C16H22N4O3/c1-9-12(10(2)23-19-9)8-20-7-6-14-13(20)4-5-15(22-14)16-18-17-11(3)21-16/h13-15H,4-8H2,1-3H3/t13-,14-,15-/m1/s1. The van der Waals surface area contributed by atoms with E-state index < -0.39 is 0 Å². The number of likely N-dealkylation sites (tertiary alicyclic amines) is 1. The molecule has 7 heteroatoms. The lowest BCUT2D eigenvalue weighted by Crippen LogP contribution is -2.40. The molecule has 2 saturated heterocycles. The first kappa shape index (κ1) is 14.8. The van der Waals surface area contributed by atoms with E-state index in [1.54, 1.807) is 0 Å². The Morgan fingerprint density at radius 1 is 1.13 bits per heavy atom. The second-order valence-electron chi connectivity index (χ2n) is 6.53. The maximum absolute atomic E-state index is 6.24. The zero-order valence-electron chi connectivity index (χ0n) is 13.8. The smallest absolute Gasteiger partial charge is 0.245 e. The van der Waals surface area contributed by atoms with Gasteiger partial charge in [-0.25, -0.2) is 0 Å². The van der Waals surface area contributed by atoms with E-state index in [9.17, 15) is 0 Å². The fourth-order valence-electron chi connectivity index (χ4n) is 3.77. The molecule has 4 heterocycles. The first-order valence-electron chi connectivity index (χ1n) is 8.23. The van der Waals surface area contributed by atoms with Crippen molar-refractivity contribution in [2.45, 2.75) is 64.8 Å². The minimum absolute atomic E-state index is 0.0588. The van der Waals surface area contributed by atoms with Crippen molar-refractivity contribution in [1.29, 1.82) is 0 Å². The second kappa shape index (κ2) is 5.72. The molecule has 0 aliphatic carbocycles. The van der Waals surface area contributed by atoms with E-state index in [1.165, 1.54) is 5.56 Å². The lowest BCUT2D eigenvalue weighted by molar-refractivity contribution is -0.0818. The highest BCUT2D eigenvalue weighted by Crippen LogP contribution is 2.38. The van der Waals surface area contributed by atoms with E-state index in [0.29, 0.717) is 17.8 Å². The summed E-state index contributed by atoms with van der Waals surface area (Å²) in [5.41, 5.74) is 2.20. The Morgan fingerprint density at radius 3 is 2.70 bits per heavy atom. The molecule has 0 N–H and O–H groups in total. The molecular formula is C16H22N4O3. The number of rotatable bonds is 3. The summed E-state index contributed by atoms with van der Waals surface area (Å²) < 4.78 is 17.1. The minimum Gasteiger partial charge on any atom is -0.423 e. The minimum atomic E-state index is -0.0588. The Balaban J connectivity index is 1.44. The summed E-state index contributed by atoms with van der Waals surface area (Å²) in [5.74, 6) is 2.13. The summed E-state index contributed by atoms with van der Waals surface area (Å²) in [4.78, 5) is 2.49. The Kier molecular flexibility index (Phi) is 3.69. The Labute approximate surface area is 135 Å². The first-order valence-corrected chi connectivity index (χ1v) is 8.23. The Bertz CT molecular complexity index is 676. The van der Waals surface area contributed by atoms with Crippen molar-refractivity contribution in [2.24, 2.45) is 0 Å². The average Bonchev–Trinajstić information content (AvgIpc) is 3.23. The van der Waals surface area contributed by atoms with Crippen LogP contribution in [0.3, 0.4) is 0 Å². The molecule has 0 radical (unpaired) electrons. The maximum atomic E-state index is 6.24. The van der Waals surface area contributed by atoms with Crippen LogP contribution in [-0.2, 0) is 11.3 Å². The molecule has 4 rings (SSSR count). The van der Waals surface area contributed by atoms with Gasteiger partial charge in [-0.3, -0.25) is 4.90 Å².